The number of aromatic nitrogens is 1. The summed E-state index contributed by atoms with van der Waals surface area (Å²) in [5, 5.41) is 0. The van der Waals surface area contributed by atoms with Crippen molar-refractivity contribution in [2.45, 2.75) is 36.6 Å². The third-order valence-corrected chi connectivity index (χ3v) is 6.96. The van der Waals surface area contributed by atoms with Gasteiger partial charge < -0.3 is 18.9 Å². The van der Waals surface area contributed by atoms with Gasteiger partial charge in [-0.05, 0) is 44.2 Å². The number of methoxy groups -OCH3 is 1. The maximum atomic E-state index is 12.7. The predicted molar refractivity (Wildman–Crippen MR) is 130 cm³/mol. The fourth-order valence-corrected chi connectivity index (χ4v) is 5.23. The molecule has 1 aromatic heterocycles. The van der Waals surface area contributed by atoms with Crippen LogP contribution in [-0.4, -0.2) is 43.2 Å². The summed E-state index contributed by atoms with van der Waals surface area (Å²) in [5.74, 6) is -0.574. The largest absolute Gasteiger partial charge is 0.457 e. The second-order valence-electron chi connectivity index (χ2n) is 7.95. The number of benzene rings is 2. The van der Waals surface area contributed by atoms with Crippen LogP contribution in [-0.2, 0) is 20.8 Å². The van der Waals surface area contributed by atoms with Crippen molar-refractivity contribution in [1.82, 2.24) is 4.57 Å². The molecule has 2 heterocycles. The van der Waals surface area contributed by atoms with Gasteiger partial charge in [-0.1, -0.05) is 36.0 Å². The second kappa shape index (κ2) is 10.3. The zero-order chi connectivity index (χ0) is 23.4. The average molecular weight is 465 g/mol. The van der Waals surface area contributed by atoms with Crippen LogP contribution < -0.4 is 4.90 Å². The Hall–Kier alpha value is -3.03. The summed E-state index contributed by atoms with van der Waals surface area (Å²) in [6.07, 6.45) is 0.188. The number of rotatable bonds is 9. The van der Waals surface area contributed by atoms with E-state index in [-0.39, 0.29) is 24.8 Å². The van der Waals surface area contributed by atoms with Gasteiger partial charge in [-0.25, -0.2) is 0 Å². The molecule has 0 N–H and O–H groups in total. The topological polar surface area (TPSA) is 60.8 Å². The number of nitrogens with zero attached hydrogens (tertiary/aromatic N) is 2. The fraction of sp³-hybridized carbons (Fsp3) is 0.308. The molecule has 0 spiro atoms. The lowest BCUT2D eigenvalue weighted by molar-refractivity contribution is -0.142. The molecule has 6 nitrogen and oxygen atoms in total. The third kappa shape index (κ3) is 4.99. The van der Waals surface area contributed by atoms with Crippen LogP contribution in [0.3, 0.4) is 0 Å². The number of ether oxygens (including phenoxy) is 2. The van der Waals surface area contributed by atoms with Crippen LogP contribution in [0.5, 0.6) is 0 Å². The minimum absolute atomic E-state index is 0.188. The number of ketones is 1. The van der Waals surface area contributed by atoms with Crippen molar-refractivity contribution in [3.8, 4) is 0 Å². The molecule has 1 aliphatic heterocycles. The van der Waals surface area contributed by atoms with Gasteiger partial charge in [0.15, 0.2) is 6.61 Å². The number of carbonyl (C=O) groups is 2. The van der Waals surface area contributed by atoms with Crippen molar-refractivity contribution in [1.29, 1.82) is 0 Å². The Morgan fingerprint density at radius 3 is 2.21 bits per heavy atom. The first-order valence-corrected chi connectivity index (χ1v) is 11.8. The molecular weight excluding hydrogens is 436 g/mol. The summed E-state index contributed by atoms with van der Waals surface area (Å²) >= 11 is 1.73. The molecule has 0 radical (unpaired) electrons. The Kier molecular flexibility index (Phi) is 7.20. The number of fused-ring (bicyclic) bond motifs is 2. The first-order valence-electron chi connectivity index (χ1n) is 11.0. The molecule has 0 bridgehead atoms. The van der Waals surface area contributed by atoms with Crippen molar-refractivity contribution >= 4 is 34.9 Å². The van der Waals surface area contributed by atoms with Crippen LogP contribution in [0.15, 0.2) is 64.4 Å². The lowest BCUT2D eigenvalue weighted by atomic mass is 10.1. The van der Waals surface area contributed by atoms with Crippen LogP contribution in [0.4, 0.5) is 11.4 Å². The number of carbonyl (C=O) groups excluding carboxylic acids is 2. The van der Waals surface area contributed by atoms with E-state index in [4.69, 9.17) is 9.47 Å². The molecule has 0 amide bonds. The van der Waals surface area contributed by atoms with Crippen LogP contribution >= 0.6 is 11.8 Å². The molecule has 3 aromatic rings. The summed E-state index contributed by atoms with van der Waals surface area (Å²) in [5.41, 5.74) is 4.60. The maximum absolute atomic E-state index is 12.7. The van der Waals surface area contributed by atoms with E-state index in [2.05, 4.69) is 29.2 Å². The Balaban J connectivity index is 1.38. The van der Waals surface area contributed by atoms with Crippen LogP contribution in [0.1, 0.15) is 28.2 Å². The molecule has 0 saturated heterocycles. The lowest BCUT2D eigenvalue weighted by Crippen LogP contribution is -2.25. The minimum Gasteiger partial charge on any atom is -0.457 e. The molecule has 0 unspecified atom stereocenters. The molecule has 7 heteroatoms. The standard InChI is InChI=1S/C26H28N2O4S/c1-18-16-20(19(2)27(18)14-15-31-3)23(29)17-32-26(30)12-13-28-21-8-4-6-10-24(21)33-25-11-7-5-9-22(25)28/h4-11,16H,12-15,17H2,1-3H3. The van der Waals surface area contributed by atoms with Crippen molar-refractivity contribution < 1.29 is 19.1 Å². The van der Waals surface area contributed by atoms with Gasteiger partial charge in [0.2, 0.25) is 5.78 Å². The molecule has 0 atom stereocenters. The van der Waals surface area contributed by atoms with Crippen molar-refractivity contribution in [2.75, 3.05) is 31.8 Å². The Morgan fingerprint density at radius 2 is 1.58 bits per heavy atom. The smallest absolute Gasteiger partial charge is 0.308 e. The SMILES string of the molecule is COCCn1c(C)cc(C(=O)COC(=O)CCN2c3ccccc3Sc3ccccc32)c1C. The second-order valence-corrected chi connectivity index (χ2v) is 9.04. The van der Waals surface area contributed by atoms with Crippen molar-refractivity contribution in [2.24, 2.45) is 0 Å². The third-order valence-electron chi connectivity index (χ3n) is 5.83. The zero-order valence-electron chi connectivity index (χ0n) is 19.2. The highest BCUT2D eigenvalue weighted by atomic mass is 32.2. The average Bonchev–Trinajstić information content (AvgIpc) is 3.11. The molecule has 2 aromatic carbocycles. The van der Waals surface area contributed by atoms with Gasteiger partial charge in [0.05, 0.1) is 24.4 Å². The first kappa shape index (κ1) is 23.1. The molecule has 0 fully saturated rings. The zero-order valence-corrected chi connectivity index (χ0v) is 20.0. The molecule has 4 rings (SSSR count). The van der Waals surface area contributed by atoms with Gasteiger partial charge in [0.25, 0.3) is 0 Å². The normalized spacial score (nSPS) is 12.3. The van der Waals surface area contributed by atoms with E-state index in [1.807, 2.05) is 48.7 Å². The van der Waals surface area contributed by atoms with Crippen LogP contribution in [0, 0.1) is 13.8 Å². The summed E-state index contributed by atoms with van der Waals surface area (Å²) in [6.45, 7) is 5.33. The number of hydrogen-bond donors (Lipinski definition) is 0. The maximum Gasteiger partial charge on any atom is 0.308 e. The molecule has 0 aliphatic carbocycles. The van der Waals surface area contributed by atoms with Gasteiger partial charge >= 0.3 is 5.97 Å². The fourth-order valence-electron chi connectivity index (χ4n) is 4.13. The molecule has 172 valence electrons. The van der Waals surface area contributed by atoms with E-state index in [9.17, 15) is 9.59 Å². The van der Waals surface area contributed by atoms with E-state index < -0.39 is 0 Å². The Bertz CT molecular complexity index is 1130. The summed E-state index contributed by atoms with van der Waals surface area (Å²) in [7, 11) is 1.65. The summed E-state index contributed by atoms with van der Waals surface area (Å²) in [6, 6.07) is 18.2. The molecule has 0 saturated carbocycles. The number of anilines is 2. The van der Waals surface area contributed by atoms with E-state index >= 15 is 0 Å². The number of hydrogen-bond acceptors (Lipinski definition) is 6. The van der Waals surface area contributed by atoms with Gasteiger partial charge in [0.1, 0.15) is 0 Å². The van der Waals surface area contributed by atoms with Gasteiger partial charge in [0, 0.05) is 46.9 Å². The first-order chi connectivity index (χ1) is 16.0. The van der Waals surface area contributed by atoms with Crippen molar-refractivity contribution in [3.05, 3.63) is 71.5 Å². The van der Waals surface area contributed by atoms with Crippen LogP contribution in [0.25, 0.3) is 0 Å². The number of Topliss-reactive ketones (excluding diaryl/α,β-unsaturated/α-hetero) is 1. The monoisotopic (exact) mass is 464 g/mol. The van der Waals surface area contributed by atoms with Gasteiger partial charge in [-0.2, -0.15) is 0 Å². The molecule has 33 heavy (non-hydrogen) atoms. The van der Waals surface area contributed by atoms with E-state index in [0.717, 1.165) is 32.6 Å². The van der Waals surface area contributed by atoms with Crippen molar-refractivity contribution in [3.63, 3.8) is 0 Å². The minimum atomic E-state index is -0.385. The van der Waals surface area contributed by atoms with Gasteiger partial charge in [-0.3, -0.25) is 9.59 Å². The number of aryl methyl sites for hydroxylation is 1. The Morgan fingerprint density at radius 1 is 0.939 bits per heavy atom. The highest BCUT2D eigenvalue weighted by Gasteiger charge is 2.24. The van der Waals surface area contributed by atoms with Crippen LogP contribution in [0.2, 0.25) is 0 Å². The number of esters is 1. The summed E-state index contributed by atoms with van der Waals surface area (Å²) in [4.78, 5) is 29.7. The number of para-hydroxylation sites is 2. The highest BCUT2D eigenvalue weighted by Crippen LogP contribution is 2.47. The molecule has 1 aliphatic rings. The van der Waals surface area contributed by atoms with E-state index in [0.29, 0.717) is 25.3 Å². The van der Waals surface area contributed by atoms with E-state index in [1.54, 1.807) is 18.9 Å². The van der Waals surface area contributed by atoms with E-state index in [1.165, 1.54) is 0 Å². The summed E-state index contributed by atoms with van der Waals surface area (Å²) < 4.78 is 12.5. The molecular formula is C26H28N2O4S. The van der Waals surface area contributed by atoms with Gasteiger partial charge in [-0.15, -0.1) is 0 Å². The Labute approximate surface area is 198 Å². The quantitative estimate of drug-likeness (QED) is 0.322. The predicted octanol–water partition coefficient (Wildman–Crippen LogP) is 5.17. The highest BCUT2D eigenvalue weighted by molar-refractivity contribution is 7.99. The lowest BCUT2D eigenvalue weighted by Gasteiger charge is -2.32.